The van der Waals surface area contributed by atoms with Gasteiger partial charge < -0.3 is 14.6 Å². The molecule has 2 heterocycles. The molecule has 0 atom stereocenters. The zero-order chi connectivity index (χ0) is 17.6. The van der Waals surface area contributed by atoms with E-state index >= 15 is 0 Å². The molecule has 1 saturated heterocycles. The van der Waals surface area contributed by atoms with E-state index in [1.54, 1.807) is 20.1 Å². The van der Waals surface area contributed by atoms with E-state index in [9.17, 15) is 4.79 Å². The van der Waals surface area contributed by atoms with E-state index < -0.39 is 0 Å². The number of rotatable bonds is 6. The van der Waals surface area contributed by atoms with Crippen molar-refractivity contribution < 1.29 is 14.1 Å². The number of hydrogen-bond acceptors (Lipinski definition) is 6. The number of carbonyl (C=O) groups is 1. The van der Waals surface area contributed by atoms with Gasteiger partial charge in [-0.05, 0) is 13.0 Å². The van der Waals surface area contributed by atoms with E-state index in [-0.39, 0.29) is 5.91 Å². The summed E-state index contributed by atoms with van der Waals surface area (Å²) in [6.45, 7) is 6.60. The van der Waals surface area contributed by atoms with Crippen molar-refractivity contribution in [2.45, 2.75) is 13.5 Å². The highest BCUT2D eigenvalue weighted by molar-refractivity contribution is 5.91. The lowest BCUT2D eigenvalue weighted by Crippen LogP contribution is -2.48. The van der Waals surface area contributed by atoms with E-state index in [1.807, 2.05) is 18.2 Å². The molecule has 7 heteroatoms. The number of benzene rings is 1. The number of piperazine rings is 1. The predicted octanol–water partition coefficient (Wildman–Crippen LogP) is 1.75. The molecule has 1 aliphatic heterocycles. The molecule has 2 aromatic rings. The topological polar surface area (TPSA) is 70.8 Å². The summed E-state index contributed by atoms with van der Waals surface area (Å²) in [5.74, 6) is 2.01. The molecule has 1 aromatic heterocycles. The van der Waals surface area contributed by atoms with Crippen molar-refractivity contribution in [2.24, 2.45) is 0 Å². The van der Waals surface area contributed by atoms with Gasteiger partial charge in [0, 0.05) is 44.4 Å². The lowest BCUT2D eigenvalue weighted by molar-refractivity contribution is -0.117. The van der Waals surface area contributed by atoms with Crippen LogP contribution >= 0.6 is 0 Å². The van der Waals surface area contributed by atoms with Crippen LogP contribution in [0.5, 0.6) is 5.75 Å². The highest BCUT2D eigenvalue weighted by Gasteiger charge is 2.20. The number of nitrogens with one attached hydrogen (secondary N) is 1. The summed E-state index contributed by atoms with van der Waals surface area (Å²) >= 11 is 0. The summed E-state index contributed by atoms with van der Waals surface area (Å²) in [7, 11) is 1.70. The Kier molecular flexibility index (Phi) is 5.67. The zero-order valence-corrected chi connectivity index (χ0v) is 14.7. The average Bonchev–Trinajstić information content (AvgIpc) is 3.02. The molecule has 1 N–H and O–H groups in total. The minimum absolute atomic E-state index is 0.0634. The predicted molar refractivity (Wildman–Crippen MR) is 94.6 cm³/mol. The molecule has 1 aromatic carbocycles. The highest BCUT2D eigenvalue weighted by Crippen LogP contribution is 2.20. The van der Waals surface area contributed by atoms with Gasteiger partial charge in [-0.3, -0.25) is 14.6 Å². The Hall–Kier alpha value is -2.38. The van der Waals surface area contributed by atoms with Crippen LogP contribution in [0.4, 0.5) is 5.82 Å². The van der Waals surface area contributed by atoms with Crippen molar-refractivity contribution in [1.29, 1.82) is 0 Å². The minimum atomic E-state index is -0.0634. The second kappa shape index (κ2) is 8.13. The summed E-state index contributed by atoms with van der Waals surface area (Å²) in [6, 6.07) is 9.81. The van der Waals surface area contributed by atoms with Gasteiger partial charge in [0.15, 0.2) is 5.82 Å². The van der Waals surface area contributed by atoms with Crippen LogP contribution in [0.2, 0.25) is 0 Å². The van der Waals surface area contributed by atoms with E-state index in [1.165, 1.54) is 5.56 Å². The first-order chi connectivity index (χ1) is 12.1. The Balaban J connectivity index is 1.44. The second-order valence-electron chi connectivity index (χ2n) is 6.24. The van der Waals surface area contributed by atoms with Crippen LogP contribution < -0.4 is 10.1 Å². The molecule has 0 saturated carbocycles. The van der Waals surface area contributed by atoms with Crippen LogP contribution in [0.3, 0.4) is 0 Å². The Morgan fingerprint density at radius 2 is 1.96 bits per heavy atom. The average molecular weight is 344 g/mol. The fraction of sp³-hybridized carbons (Fsp3) is 0.444. The standard InChI is InChI=1S/C18H24N4O3/c1-14-11-17(20-25-14)19-18(23)13-22-9-7-21(8-10-22)12-15-5-3-4-6-16(15)24-2/h3-6,11H,7-10,12-13H2,1-2H3,(H,19,20,23). The molecule has 1 fully saturated rings. The van der Waals surface area contributed by atoms with Crippen LogP contribution in [0.25, 0.3) is 0 Å². The normalized spacial score (nSPS) is 15.9. The van der Waals surface area contributed by atoms with Gasteiger partial charge in [0.1, 0.15) is 11.5 Å². The number of aromatic nitrogens is 1. The van der Waals surface area contributed by atoms with E-state index in [0.717, 1.165) is 38.5 Å². The lowest BCUT2D eigenvalue weighted by Gasteiger charge is -2.34. The first-order valence-corrected chi connectivity index (χ1v) is 8.44. The largest absolute Gasteiger partial charge is 0.496 e. The van der Waals surface area contributed by atoms with Crippen LogP contribution in [0, 0.1) is 6.92 Å². The van der Waals surface area contributed by atoms with E-state index in [0.29, 0.717) is 18.1 Å². The van der Waals surface area contributed by atoms with Crippen LogP contribution in [0.1, 0.15) is 11.3 Å². The maximum atomic E-state index is 12.1. The number of para-hydroxylation sites is 1. The molecule has 0 spiro atoms. The summed E-state index contributed by atoms with van der Waals surface area (Å²) in [4.78, 5) is 16.6. The molecule has 1 amide bonds. The van der Waals surface area contributed by atoms with Gasteiger partial charge in [-0.2, -0.15) is 0 Å². The molecule has 3 rings (SSSR count). The van der Waals surface area contributed by atoms with Crippen molar-refractivity contribution in [1.82, 2.24) is 15.0 Å². The minimum Gasteiger partial charge on any atom is -0.496 e. The van der Waals surface area contributed by atoms with Gasteiger partial charge in [0.2, 0.25) is 5.91 Å². The third kappa shape index (κ3) is 4.80. The van der Waals surface area contributed by atoms with Gasteiger partial charge in [-0.1, -0.05) is 23.4 Å². The number of carbonyl (C=O) groups excluding carboxylic acids is 1. The van der Waals surface area contributed by atoms with Gasteiger partial charge in [0.05, 0.1) is 13.7 Å². The fourth-order valence-corrected chi connectivity index (χ4v) is 2.99. The van der Waals surface area contributed by atoms with Crippen LogP contribution in [0.15, 0.2) is 34.9 Å². The molecular weight excluding hydrogens is 320 g/mol. The monoisotopic (exact) mass is 344 g/mol. The maximum absolute atomic E-state index is 12.1. The molecular formula is C18H24N4O3. The number of ether oxygens (including phenoxy) is 1. The third-order valence-corrected chi connectivity index (χ3v) is 4.31. The molecule has 1 aliphatic rings. The summed E-state index contributed by atoms with van der Waals surface area (Å²) in [5, 5.41) is 6.54. The van der Waals surface area contributed by atoms with E-state index in [2.05, 4.69) is 26.3 Å². The maximum Gasteiger partial charge on any atom is 0.239 e. The zero-order valence-electron chi connectivity index (χ0n) is 14.7. The number of anilines is 1. The smallest absolute Gasteiger partial charge is 0.239 e. The lowest BCUT2D eigenvalue weighted by atomic mass is 10.1. The fourth-order valence-electron chi connectivity index (χ4n) is 2.99. The van der Waals surface area contributed by atoms with Gasteiger partial charge >= 0.3 is 0 Å². The SMILES string of the molecule is COc1ccccc1CN1CCN(CC(=O)Nc2cc(C)on2)CC1. The van der Waals surface area contributed by atoms with E-state index in [4.69, 9.17) is 9.26 Å². The van der Waals surface area contributed by atoms with Crippen LogP contribution in [-0.4, -0.2) is 60.7 Å². The van der Waals surface area contributed by atoms with Crippen LogP contribution in [-0.2, 0) is 11.3 Å². The third-order valence-electron chi connectivity index (χ3n) is 4.31. The first-order valence-electron chi connectivity index (χ1n) is 8.44. The first kappa shape index (κ1) is 17.4. The quantitative estimate of drug-likeness (QED) is 0.861. The van der Waals surface area contributed by atoms with Crippen molar-refractivity contribution in [3.63, 3.8) is 0 Å². The van der Waals surface area contributed by atoms with Crippen molar-refractivity contribution >= 4 is 11.7 Å². The van der Waals surface area contributed by atoms with Crippen molar-refractivity contribution in [2.75, 3.05) is 45.2 Å². The number of hydrogen-bond donors (Lipinski definition) is 1. The molecule has 0 radical (unpaired) electrons. The highest BCUT2D eigenvalue weighted by atomic mass is 16.5. The summed E-state index contributed by atoms with van der Waals surface area (Å²) < 4.78 is 10.4. The van der Waals surface area contributed by atoms with Crippen molar-refractivity contribution in [3.8, 4) is 5.75 Å². The summed E-state index contributed by atoms with van der Waals surface area (Å²) in [5.41, 5.74) is 1.19. The summed E-state index contributed by atoms with van der Waals surface area (Å²) in [6.07, 6.45) is 0. The van der Waals surface area contributed by atoms with Gasteiger partial charge in [-0.15, -0.1) is 0 Å². The number of aryl methyl sites for hydroxylation is 1. The Labute approximate surface area is 147 Å². The Morgan fingerprint density at radius 3 is 2.64 bits per heavy atom. The van der Waals surface area contributed by atoms with Crippen molar-refractivity contribution in [3.05, 3.63) is 41.7 Å². The van der Waals surface area contributed by atoms with Gasteiger partial charge in [0.25, 0.3) is 0 Å². The number of methoxy groups -OCH3 is 1. The molecule has 0 bridgehead atoms. The Bertz CT molecular complexity index is 708. The molecule has 0 unspecified atom stereocenters. The van der Waals surface area contributed by atoms with Gasteiger partial charge in [-0.25, -0.2) is 0 Å². The molecule has 134 valence electrons. The molecule has 0 aliphatic carbocycles. The second-order valence-corrected chi connectivity index (χ2v) is 6.24. The number of nitrogens with zero attached hydrogens (tertiary/aromatic N) is 3. The Morgan fingerprint density at radius 1 is 1.24 bits per heavy atom. The number of amides is 1. The molecule has 25 heavy (non-hydrogen) atoms. The molecule has 7 nitrogen and oxygen atoms in total.